The summed E-state index contributed by atoms with van der Waals surface area (Å²) in [6.07, 6.45) is 3.82. The zero-order chi connectivity index (χ0) is 21.0. The maximum Gasteiger partial charge on any atom is 0.199 e. The van der Waals surface area contributed by atoms with Crippen molar-refractivity contribution in [2.75, 3.05) is 0 Å². The molecule has 2 aromatic heterocycles. The summed E-state index contributed by atoms with van der Waals surface area (Å²) in [5.74, 6) is -0.956. The zero-order valence-corrected chi connectivity index (χ0v) is 18.3. The Bertz CT molecular complexity index is 1110. The zero-order valence-electron chi connectivity index (χ0n) is 17.5. The highest BCUT2D eigenvalue weighted by molar-refractivity contribution is 8.13. The molecule has 0 radical (unpaired) electrons. The van der Waals surface area contributed by atoms with Gasteiger partial charge in [-0.15, -0.1) is 0 Å². The topological polar surface area (TPSA) is 66.2 Å². The van der Waals surface area contributed by atoms with E-state index in [9.17, 15) is 4.79 Å². The number of aryl methyl sites for hydroxylation is 2. The quantitative estimate of drug-likeness (QED) is 0.580. The van der Waals surface area contributed by atoms with E-state index in [0.29, 0.717) is 6.42 Å². The second-order valence-electron chi connectivity index (χ2n) is 8.63. The Labute approximate surface area is 180 Å². The van der Waals surface area contributed by atoms with E-state index in [1.807, 2.05) is 64.2 Å². The third-order valence-electron chi connectivity index (χ3n) is 6.04. The van der Waals surface area contributed by atoms with Gasteiger partial charge in [-0.1, -0.05) is 29.5 Å². The van der Waals surface area contributed by atoms with Crippen molar-refractivity contribution < 1.29 is 14.3 Å². The lowest BCUT2D eigenvalue weighted by atomic mass is 10.1. The summed E-state index contributed by atoms with van der Waals surface area (Å²) in [5, 5.41) is 1.15. The first-order valence-electron chi connectivity index (χ1n) is 10.2. The molecule has 4 atom stereocenters. The van der Waals surface area contributed by atoms with Gasteiger partial charge >= 0.3 is 0 Å². The summed E-state index contributed by atoms with van der Waals surface area (Å²) in [6.45, 7) is 7.85. The maximum absolute atomic E-state index is 13.3. The first-order valence-corrected chi connectivity index (χ1v) is 11.1. The summed E-state index contributed by atoms with van der Waals surface area (Å²) in [7, 11) is 0. The van der Waals surface area contributed by atoms with Crippen molar-refractivity contribution in [3.63, 3.8) is 0 Å². The van der Waals surface area contributed by atoms with Crippen LogP contribution in [0.3, 0.4) is 0 Å². The average Bonchev–Trinajstić information content (AvgIpc) is 3.35. The first kappa shape index (κ1) is 19.7. The third-order valence-corrected chi connectivity index (χ3v) is 7.05. The molecule has 0 bridgehead atoms. The minimum atomic E-state index is -0.713. The van der Waals surface area contributed by atoms with Gasteiger partial charge in [-0.2, -0.15) is 0 Å². The van der Waals surface area contributed by atoms with Crippen LogP contribution in [0.2, 0.25) is 0 Å². The normalized spacial score (nSPS) is 27.5. The van der Waals surface area contributed by atoms with Gasteiger partial charge in [0.2, 0.25) is 0 Å². The molecule has 0 unspecified atom stereocenters. The molecule has 0 N–H and O–H groups in total. The van der Waals surface area contributed by atoms with Gasteiger partial charge in [0.15, 0.2) is 10.9 Å². The van der Waals surface area contributed by atoms with Crippen molar-refractivity contribution in [1.82, 2.24) is 14.5 Å². The van der Waals surface area contributed by atoms with E-state index in [1.54, 1.807) is 6.33 Å². The van der Waals surface area contributed by atoms with Crippen LogP contribution in [0.1, 0.15) is 37.6 Å². The summed E-state index contributed by atoms with van der Waals surface area (Å²) >= 11 is 1.29. The van der Waals surface area contributed by atoms with E-state index in [0.717, 1.165) is 21.6 Å². The fraction of sp³-hybridized carbons (Fsp3) is 0.435. The standard InChI is InChI=1S/C23H25N3O3S/c1-13-5-7-15(8-6-13)30-22(27)17-11-18(20-19(17)28-23(3,4)29-20)26-10-9-16-14(2)24-12-25-21(16)26/h5-10,12,17-20H,11H2,1-4H3/t17-,18+,19+,20-/m0/s1. The van der Waals surface area contributed by atoms with Crippen molar-refractivity contribution in [2.24, 2.45) is 5.92 Å². The van der Waals surface area contributed by atoms with Crippen LogP contribution in [0, 0.1) is 19.8 Å². The minimum absolute atomic E-state index is 0.0175. The summed E-state index contributed by atoms with van der Waals surface area (Å²) in [5.41, 5.74) is 3.00. The molecule has 1 saturated carbocycles. The molecule has 1 aromatic carbocycles. The lowest BCUT2D eigenvalue weighted by Crippen LogP contribution is -2.29. The molecule has 3 heterocycles. The lowest BCUT2D eigenvalue weighted by Gasteiger charge is -2.24. The number of aromatic nitrogens is 3. The number of benzene rings is 1. The van der Waals surface area contributed by atoms with Gasteiger partial charge in [0, 0.05) is 16.5 Å². The van der Waals surface area contributed by atoms with E-state index in [4.69, 9.17) is 9.47 Å². The highest BCUT2D eigenvalue weighted by atomic mass is 32.2. The Hall–Kier alpha value is -2.22. The van der Waals surface area contributed by atoms with Crippen LogP contribution in [0.25, 0.3) is 11.0 Å². The molecular weight excluding hydrogens is 398 g/mol. The van der Waals surface area contributed by atoms with E-state index >= 15 is 0 Å². The Morgan fingerprint density at radius 1 is 1.10 bits per heavy atom. The molecule has 30 heavy (non-hydrogen) atoms. The molecule has 156 valence electrons. The van der Waals surface area contributed by atoms with Gasteiger partial charge in [0.1, 0.15) is 18.1 Å². The number of hydrogen-bond acceptors (Lipinski definition) is 6. The van der Waals surface area contributed by atoms with E-state index < -0.39 is 5.79 Å². The summed E-state index contributed by atoms with van der Waals surface area (Å²) in [4.78, 5) is 23.0. The van der Waals surface area contributed by atoms with Crippen molar-refractivity contribution in [3.05, 3.63) is 54.1 Å². The van der Waals surface area contributed by atoms with Crippen LogP contribution in [0.4, 0.5) is 0 Å². The largest absolute Gasteiger partial charge is 0.344 e. The molecule has 1 saturated heterocycles. The van der Waals surface area contributed by atoms with Gasteiger partial charge in [0.05, 0.1) is 23.8 Å². The summed E-state index contributed by atoms with van der Waals surface area (Å²) < 4.78 is 14.6. The molecule has 7 heteroatoms. The molecule has 6 nitrogen and oxygen atoms in total. The SMILES string of the molecule is Cc1ccc(SC(=O)[C@H]2C[C@@H](n3ccc4c(C)ncnc43)[C@@H]3OC(C)(C)O[C@@H]32)cc1. The van der Waals surface area contributed by atoms with Gasteiger partial charge in [-0.3, -0.25) is 4.79 Å². The lowest BCUT2D eigenvalue weighted by molar-refractivity contribution is -0.161. The highest BCUT2D eigenvalue weighted by Gasteiger charge is 2.56. The Morgan fingerprint density at radius 3 is 2.60 bits per heavy atom. The maximum atomic E-state index is 13.3. The number of carbonyl (C=O) groups excluding carboxylic acids is 1. The minimum Gasteiger partial charge on any atom is -0.344 e. The summed E-state index contributed by atoms with van der Waals surface area (Å²) in [6, 6.07) is 10.1. The van der Waals surface area contributed by atoms with Crippen LogP contribution in [-0.2, 0) is 14.3 Å². The smallest absolute Gasteiger partial charge is 0.199 e. The molecule has 5 rings (SSSR count). The van der Waals surface area contributed by atoms with Crippen LogP contribution in [0.15, 0.2) is 47.8 Å². The fourth-order valence-electron chi connectivity index (χ4n) is 4.62. The number of fused-ring (bicyclic) bond motifs is 2. The van der Waals surface area contributed by atoms with Gasteiger partial charge in [-0.05, 0) is 52.3 Å². The number of thioether (sulfide) groups is 1. The molecule has 1 aliphatic heterocycles. The molecular formula is C23H25N3O3S. The van der Waals surface area contributed by atoms with Crippen LogP contribution in [-0.4, -0.2) is 37.6 Å². The van der Waals surface area contributed by atoms with Crippen LogP contribution in [0.5, 0.6) is 0 Å². The van der Waals surface area contributed by atoms with Gasteiger partial charge in [-0.25, -0.2) is 9.97 Å². The van der Waals surface area contributed by atoms with Crippen molar-refractivity contribution in [2.45, 2.75) is 63.0 Å². The van der Waals surface area contributed by atoms with Crippen LogP contribution < -0.4 is 0 Å². The van der Waals surface area contributed by atoms with Gasteiger partial charge in [0.25, 0.3) is 0 Å². The van der Waals surface area contributed by atoms with Crippen molar-refractivity contribution in [3.8, 4) is 0 Å². The van der Waals surface area contributed by atoms with Crippen LogP contribution >= 0.6 is 11.8 Å². The number of rotatable bonds is 3. The predicted molar refractivity (Wildman–Crippen MR) is 115 cm³/mol. The number of ether oxygens (including phenoxy) is 2. The fourth-order valence-corrected chi connectivity index (χ4v) is 5.51. The second kappa shape index (κ2) is 7.18. The van der Waals surface area contributed by atoms with Crippen molar-refractivity contribution >= 4 is 27.9 Å². The number of hydrogen-bond donors (Lipinski definition) is 0. The Kier molecular flexibility index (Phi) is 4.72. The molecule has 2 aliphatic rings. The molecule has 0 spiro atoms. The second-order valence-corrected chi connectivity index (χ2v) is 9.71. The average molecular weight is 424 g/mol. The van der Waals surface area contributed by atoms with Gasteiger partial charge < -0.3 is 14.0 Å². The third kappa shape index (κ3) is 3.35. The van der Waals surface area contributed by atoms with Crippen molar-refractivity contribution in [1.29, 1.82) is 0 Å². The molecule has 3 aromatic rings. The Morgan fingerprint density at radius 2 is 1.83 bits per heavy atom. The highest BCUT2D eigenvalue weighted by Crippen LogP contribution is 2.49. The molecule has 2 fully saturated rings. The number of nitrogens with zero attached hydrogens (tertiary/aromatic N) is 3. The molecule has 1 aliphatic carbocycles. The molecule has 0 amide bonds. The monoisotopic (exact) mass is 423 g/mol. The Balaban J connectivity index is 1.47. The first-order chi connectivity index (χ1) is 14.3. The predicted octanol–water partition coefficient (Wildman–Crippen LogP) is 4.45. The van der Waals surface area contributed by atoms with E-state index in [2.05, 4.69) is 14.5 Å². The van der Waals surface area contributed by atoms with E-state index in [-0.39, 0.29) is 29.3 Å². The van der Waals surface area contributed by atoms with E-state index in [1.165, 1.54) is 17.3 Å². The number of carbonyl (C=O) groups is 1.